The summed E-state index contributed by atoms with van der Waals surface area (Å²) in [6.45, 7) is 2.01. The van der Waals surface area contributed by atoms with E-state index in [4.69, 9.17) is 17.3 Å². The fraction of sp³-hybridized carbons (Fsp3) is 0.333. The van der Waals surface area contributed by atoms with Crippen LogP contribution in [0.4, 0.5) is 0 Å². The maximum Gasteiger partial charge on any atom is 0.0453 e. The summed E-state index contributed by atoms with van der Waals surface area (Å²) in [5.41, 5.74) is 8.65. The van der Waals surface area contributed by atoms with E-state index < -0.39 is 0 Å². The standard InChI is InChI=1S/C18H23ClN2/c1-21(13-11-15-7-3-2-4-8-15)14-12-18(20)16-9-5-6-10-17(16)19/h2-10,18H,11-14,20H2,1H3. The van der Waals surface area contributed by atoms with E-state index in [1.807, 2.05) is 24.3 Å². The molecule has 0 aliphatic rings. The van der Waals surface area contributed by atoms with E-state index >= 15 is 0 Å². The molecule has 0 aliphatic carbocycles. The average molecular weight is 303 g/mol. The van der Waals surface area contributed by atoms with Gasteiger partial charge in [-0.3, -0.25) is 0 Å². The van der Waals surface area contributed by atoms with E-state index in [1.165, 1.54) is 5.56 Å². The fourth-order valence-corrected chi connectivity index (χ4v) is 2.64. The van der Waals surface area contributed by atoms with Gasteiger partial charge in [0.2, 0.25) is 0 Å². The first-order valence-corrected chi connectivity index (χ1v) is 7.77. The minimum atomic E-state index is -0.00197. The van der Waals surface area contributed by atoms with E-state index in [0.717, 1.165) is 36.5 Å². The molecule has 2 N–H and O–H groups in total. The molecule has 21 heavy (non-hydrogen) atoms. The lowest BCUT2D eigenvalue weighted by Gasteiger charge is -2.20. The van der Waals surface area contributed by atoms with Crippen LogP contribution in [0.2, 0.25) is 5.02 Å². The zero-order chi connectivity index (χ0) is 15.1. The van der Waals surface area contributed by atoms with Gasteiger partial charge in [-0.2, -0.15) is 0 Å². The number of nitrogens with two attached hydrogens (primary N) is 1. The Bertz CT molecular complexity index is 542. The van der Waals surface area contributed by atoms with Crippen molar-refractivity contribution >= 4 is 11.6 Å². The van der Waals surface area contributed by atoms with Gasteiger partial charge in [0.1, 0.15) is 0 Å². The van der Waals surface area contributed by atoms with Crippen molar-refractivity contribution in [2.45, 2.75) is 18.9 Å². The highest BCUT2D eigenvalue weighted by Crippen LogP contribution is 2.23. The van der Waals surface area contributed by atoms with Crippen molar-refractivity contribution < 1.29 is 0 Å². The Kier molecular flexibility index (Phi) is 6.24. The quantitative estimate of drug-likeness (QED) is 0.840. The highest BCUT2D eigenvalue weighted by Gasteiger charge is 2.10. The Morgan fingerprint density at radius 2 is 1.67 bits per heavy atom. The summed E-state index contributed by atoms with van der Waals surface area (Å²) in [6.07, 6.45) is 1.98. The molecule has 2 aromatic rings. The van der Waals surface area contributed by atoms with Gasteiger partial charge in [0.05, 0.1) is 0 Å². The lowest BCUT2D eigenvalue weighted by atomic mass is 10.0. The third-order valence-electron chi connectivity index (χ3n) is 3.75. The molecule has 0 bridgehead atoms. The monoisotopic (exact) mass is 302 g/mol. The summed E-state index contributed by atoms with van der Waals surface area (Å²) < 4.78 is 0. The van der Waals surface area contributed by atoms with E-state index in [0.29, 0.717) is 0 Å². The van der Waals surface area contributed by atoms with Gasteiger partial charge < -0.3 is 10.6 Å². The van der Waals surface area contributed by atoms with Gasteiger partial charge >= 0.3 is 0 Å². The molecule has 0 saturated heterocycles. The first-order chi connectivity index (χ1) is 10.2. The normalized spacial score (nSPS) is 12.6. The third-order valence-corrected chi connectivity index (χ3v) is 4.10. The summed E-state index contributed by atoms with van der Waals surface area (Å²) in [5.74, 6) is 0. The molecule has 0 heterocycles. The fourth-order valence-electron chi connectivity index (χ4n) is 2.37. The molecular formula is C18H23ClN2. The first kappa shape index (κ1) is 16.0. The second-order valence-electron chi connectivity index (χ2n) is 5.46. The first-order valence-electron chi connectivity index (χ1n) is 7.39. The van der Waals surface area contributed by atoms with Crippen molar-refractivity contribution in [1.29, 1.82) is 0 Å². The van der Waals surface area contributed by atoms with Crippen LogP contribution in [0, 0.1) is 0 Å². The number of benzene rings is 2. The van der Waals surface area contributed by atoms with Crippen LogP contribution in [-0.4, -0.2) is 25.0 Å². The highest BCUT2D eigenvalue weighted by atomic mass is 35.5. The predicted molar refractivity (Wildman–Crippen MR) is 90.6 cm³/mol. The number of likely N-dealkylation sites (N-methyl/N-ethyl adjacent to an activating group) is 1. The number of rotatable bonds is 7. The molecule has 0 aromatic heterocycles. The van der Waals surface area contributed by atoms with Gasteiger partial charge in [0, 0.05) is 17.6 Å². The van der Waals surface area contributed by atoms with E-state index in [1.54, 1.807) is 0 Å². The topological polar surface area (TPSA) is 29.3 Å². The molecule has 2 nitrogen and oxygen atoms in total. The summed E-state index contributed by atoms with van der Waals surface area (Å²) in [4.78, 5) is 2.32. The Morgan fingerprint density at radius 3 is 2.38 bits per heavy atom. The van der Waals surface area contributed by atoms with Crippen LogP contribution in [0.1, 0.15) is 23.6 Å². The van der Waals surface area contributed by atoms with Crippen LogP contribution >= 0.6 is 11.6 Å². The number of halogens is 1. The molecule has 2 rings (SSSR count). The van der Waals surface area contributed by atoms with Crippen LogP contribution in [0.5, 0.6) is 0 Å². The number of nitrogens with zero attached hydrogens (tertiary/aromatic N) is 1. The van der Waals surface area contributed by atoms with Crippen molar-refractivity contribution in [2.75, 3.05) is 20.1 Å². The molecule has 1 unspecified atom stereocenters. The molecule has 0 spiro atoms. The van der Waals surface area contributed by atoms with Crippen LogP contribution in [0.3, 0.4) is 0 Å². The SMILES string of the molecule is CN(CCc1ccccc1)CCC(N)c1ccccc1Cl. The van der Waals surface area contributed by atoms with Crippen LogP contribution in [0.25, 0.3) is 0 Å². The Morgan fingerprint density at radius 1 is 1.00 bits per heavy atom. The van der Waals surface area contributed by atoms with Crippen molar-refractivity contribution in [3.8, 4) is 0 Å². The molecule has 2 aromatic carbocycles. The van der Waals surface area contributed by atoms with E-state index in [9.17, 15) is 0 Å². The number of hydrogen-bond acceptors (Lipinski definition) is 2. The lowest BCUT2D eigenvalue weighted by Crippen LogP contribution is -2.25. The third kappa shape index (κ3) is 5.16. The highest BCUT2D eigenvalue weighted by molar-refractivity contribution is 6.31. The largest absolute Gasteiger partial charge is 0.324 e. The minimum absolute atomic E-state index is 0.00197. The summed E-state index contributed by atoms with van der Waals surface area (Å²) in [7, 11) is 2.14. The predicted octanol–water partition coefficient (Wildman–Crippen LogP) is 3.90. The Hall–Kier alpha value is -1.35. The van der Waals surface area contributed by atoms with Crippen molar-refractivity contribution in [1.82, 2.24) is 4.90 Å². The van der Waals surface area contributed by atoms with E-state index in [2.05, 4.69) is 42.3 Å². The Labute approximate surface area is 132 Å². The smallest absolute Gasteiger partial charge is 0.0453 e. The molecule has 0 saturated carbocycles. The maximum absolute atomic E-state index is 6.24. The van der Waals surface area contributed by atoms with E-state index in [-0.39, 0.29) is 6.04 Å². The summed E-state index contributed by atoms with van der Waals surface area (Å²) in [5, 5.41) is 0.761. The van der Waals surface area contributed by atoms with Crippen LogP contribution in [0.15, 0.2) is 54.6 Å². The van der Waals surface area contributed by atoms with Crippen LogP contribution < -0.4 is 5.73 Å². The second-order valence-corrected chi connectivity index (χ2v) is 5.86. The summed E-state index contributed by atoms with van der Waals surface area (Å²) >= 11 is 6.18. The van der Waals surface area contributed by atoms with Gasteiger partial charge in [-0.25, -0.2) is 0 Å². The van der Waals surface area contributed by atoms with Crippen molar-refractivity contribution in [3.05, 3.63) is 70.7 Å². The van der Waals surface area contributed by atoms with Crippen molar-refractivity contribution in [2.24, 2.45) is 5.73 Å². The number of hydrogen-bond donors (Lipinski definition) is 1. The minimum Gasteiger partial charge on any atom is -0.324 e. The second kappa shape index (κ2) is 8.18. The van der Waals surface area contributed by atoms with Gasteiger partial charge in [-0.15, -0.1) is 0 Å². The molecule has 112 valence electrons. The molecule has 0 radical (unpaired) electrons. The average Bonchev–Trinajstić information content (AvgIpc) is 2.52. The zero-order valence-electron chi connectivity index (χ0n) is 12.5. The maximum atomic E-state index is 6.24. The lowest BCUT2D eigenvalue weighted by molar-refractivity contribution is 0.322. The van der Waals surface area contributed by atoms with Gasteiger partial charge in [-0.05, 0) is 43.6 Å². The molecule has 0 fully saturated rings. The Balaban J connectivity index is 1.76. The van der Waals surface area contributed by atoms with Gasteiger partial charge in [-0.1, -0.05) is 60.1 Å². The molecule has 1 atom stereocenters. The molecule has 0 aliphatic heterocycles. The summed E-state index contributed by atoms with van der Waals surface area (Å²) in [6, 6.07) is 18.4. The van der Waals surface area contributed by atoms with Gasteiger partial charge in [0.25, 0.3) is 0 Å². The molecular weight excluding hydrogens is 280 g/mol. The van der Waals surface area contributed by atoms with Crippen LogP contribution in [-0.2, 0) is 6.42 Å². The van der Waals surface area contributed by atoms with Crippen molar-refractivity contribution in [3.63, 3.8) is 0 Å². The molecule has 3 heteroatoms. The zero-order valence-corrected chi connectivity index (χ0v) is 13.3. The van der Waals surface area contributed by atoms with Gasteiger partial charge in [0.15, 0.2) is 0 Å². The molecule has 0 amide bonds.